The fourth-order valence-corrected chi connectivity index (χ4v) is 2.83. The van der Waals surface area contributed by atoms with Crippen molar-refractivity contribution in [2.24, 2.45) is 0 Å². The molecule has 4 nitrogen and oxygen atoms in total. The summed E-state index contributed by atoms with van der Waals surface area (Å²) in [5.41, 5.74) is 1.02. The Kier molecular flexibility index (Phi) is 3.52. The molecule has 0 aromatic carbocycles. The number of rotatable bonds is 3. The van der Waals surface area contributed by atoms with Gasteiger partial charge in [-0.05, 0) is 30.4 Å². The third-order valence-corrected chi connectivity index (χ3v) is 4.35. The SMILES string of the molecule is CC(CO)c1cnc(N2CC[C@@H]2C)c2cnc(Cl)cc12. The molecule has 0 spiro atoms. The number of fused-ring (bicyclic) bond motifs is 1. The Morgan fingerprint density at radius 2 is 2.20 bits per heavy atom. The highest BCUT2D eigenvalue weighted by atomic mass is 35.5. The zero-order valence-electron chi connectivity index (χ0n) is 11.7. The van der Waals surface area contributed by atoms with E-state index in [1.165, 1.54) is 6.42 Å². The van der Waals surface area contributed by atoms with Gasteiger partial charge in [-0.1, -0.05) is 18.5 Å². The number of anilines is 1. The second-order valence-electron chi connectivity index (χ2n) is 5.50. The molecule has 2 aromatic rings. The Labute approximate surface area is 123 Å². The van der Waals surface area contributed by atoms with Crippen molar-refractivity contribution in [2.75, 3.05) is 18.1 Å². The molecule has 0 saturated carbocycles. The molecule has 1 unspecified atom stereocenters. The van der Waals surface area contributed by atoms with E-state index in [4.69, 9.17) is 11.6 Å². The molecule has 3 heterocycles. The molecular formula is C15H18ClN3O. The number of aliphatic hydroxyl groups is 1. The topological polar surface area (TPSA) is 49.3 Å². The van der Waals surface area contributed by atoms with Crippen LogP contribution in [0.5, 0.6) is 0 Å². The first-order valence-electron chi connectivity index (χ1n) is 6.93. The van der Waals surface area contributed by atoms with Gasteiger partial charge >= 0.3 is 0 Å². The Morgan fingerprint density at radius 3 is 2.80 bits per heavy atom. The van der Waals surface area contributed by atoms with E-state index in [0.717, 1.165) is 28.7 Å². The molecule has 2 atom stereocenters. The Morgan fingerprint density at radius 1 is 1.40 bits per heavy atom. The lowest BCUT2D eigenvalue weighted by Gasteiger charge is -2.40. The van der Waals surface area contributed by atoms with E-state index in [9.17, 15) is 5.11 Å². The molecule has 106 valence electrons. The third kappa shape index (κ3) is 2.13. The van der Waals surface area contributed by atoms with Crippen LogP contribution in [0.3, 0.4) is 0 Å². The first-order chi connectivity index (χ1) is 9.61. The fourth-order valence-electron chi connectivity index (χ4n) is 2.67. The van der Waals surface area contributed by atoms with E-state index in [1.807, 2.05) is 19.2 Å². The van der Waals surface area contributed by atoms with Crippen molar-refractivity contribution in [3.8, 4) is 0 Å². The smallest absolute Gasteiger partial charge is 0.138 e. The van der Waals surface area contributed by atoms with E-state index >= 15 is 0 Å². The van der Waals surface area contributed by atoms with Gasteiger partial charge in [0, 0.05) is 42.9 Å². The maximum atomic E-state index is 9.41. The van der Waals surface area contributed by atoms with Crippen molar-refractivity contribution >= 4 is 28.2 Å². The summed E-state index contributed by atoms with van der Waals surface area (Å²) >= 11 is 6.04. The van der Waals surface area contributed by atoms with E-state index in [1.54, 1.807) is 6.20 Å². The monoisotopic (exact) mass is 291 g/mol. The van der Waals surface area contributed by atoms with Crippen molar-refractivity contribution in [3.05, 3.63) is 29.2 Å². The molecule has 0 aliphatic carbocycles. The highest BCUT2D eigenvalue weighted by Crippen LogP contribution is 2.35. The Hall–Kier alpha value is -1.39. The lowest BCUT2D eigenvalue weighted by atomic mass is 9.97. The van der Waals surface area contributed by atoms with Crippen molar-refractivity contribution in [2.45, 2.75) is 32.2 Å². The van der Waals surface area contributed by atoms with Crippen LogP contribution in [0.1, 0.15) is 31.7 Å². The number of aliphatic hydroxyl groups excluding tert-OH is 1. The van der Waals surface area contributed by atoms with Crippen LogP contribution in [0.2, 0.25) is 5.15 Å². The minimum absolute atomic E-state index is 0.0336. The quantitative estimate of drug-likeness (QED) is 0.883. The van der Waals surface area contributed by atoms with Gasteiger partial charge in [-0.3, -0.25) is 0 Å². The molecule has 0 amide bonds. The molecule has 2 aromatic heterocycles. The lowest BCUT2D eigenvalue weighted by Crippen LogP contribution is -2.46. The summed E-state index contributed by atoms with van der Waals surface area (Å²) in [7, 11) is 0. The van der Waals surface area contributed by atoms with Crippen molar-refractivity contribution in [1.82, 2.24) is 9.97 Å². The lowest BCUT2D eigenvalue weighted by molar-refractivity contribution is 0.273. The van der Waals surface area contributed by atoms with Crippen LogP contribution in [0.15, 0.2) is 18.5 Å². The van der Waals surface area contributed by atoms with Crippen LogP contribution >= 0.6 is 11.6 Å². The molecule has 3 rings (SSSR count). The predicted octanol–water partition coefficient (Wildman–Crippen LogP) is 2.98. The van der Waals surface area contributed by atoms with E-state index < -0.39 is 0 Å². The number of halogens is 1. The van der Waals surface area contributed by atoms with E-state index in [0.29, 0.717) is 11.2 Å². The summed E-state index contributed by atoms with van der Waals surface area (Å²) in [4.78, 5) is 11.1. The summed E-state index contributed by atoms with van der Waals surface area (Å²) in [5.74, 6) is 1.00. The summed E-state index contributed by atoms with van der Waals surface area (Å²) in [6.07, 6.45) is 4.84. The third-order valence-electron chi connectivity index (χ3n) is 4.15. The largest absolute Gasteiger partial charge is 0.396 e. The van der Waals surface area contributed by atoms with Crippen LogP contribution in [0.25, 0.3) is 10.8 Å². The van der Waals surface area contributed by atoms with Gasteiger partial charge in [0.25, 0.3) is 0 Å². The molecule has 5 heteroatoms. The highest BCUT2D eigenvalue weighted by molar-refractivity contribution is 6.30. The first-order valence-corrected chi connectivity index (χ1v) is 7.31. The molecule has 0 bridgehead atoms. The average molecular weight is 292 g/mol. The molecule has 1 aliphatic rings. The molecule has 1 N–H and O–H groups in total. The first kappa shape index (κ1) is 13.6. The molecular weight excluding hydrogens is 274 g/mol. The van der Waals surface area contributed by atoms with Crippen LogP contribution in [-0.4, -0.2) is 34.3 Å². The minimum atomic E-state index is 0.0336. The zero-order chi connectivity index (χ0) is 14.3. The summed E-state index contributed by atoms with van der Waals surface area (Å²) < 4.78 is 0. The van der Waals surface area contributed by atoms with Gasteiger partial charge < -0.3 is 10.0 Å². The van der Waals surface area contributed by atoms with Crippen molar-refractivity contribution in [1.29, 1.82) is 0 Å². The van der Waals surface area contributed by atoms with Crippen molar-refractivity contribution < 1.29 is 5.11 Å². The molecule has 20 heavy (non-hydrogen) atoms. The maximum Gasteiger partial charge on any atom is 0.138 e. The average Bonchev–Trinajstić information content (AvgIpc) is 2.44. The van der Waals surface area contributed by atoms with Gasteiger partial charge in [-0.15, -0.1) is 0 Å². The summed E-state index contributed by atoms with van der Waals surface area (Å²) in [5, 5.41) is 11.9. The number of aromatic nitrogens is 2. The standard InChI is InChI=1S/C15H18ClN3O/c1-9(8-20)12-6-18-15(19-4-3-10(19)2)13-7-17-14(16)5-11(12)13/h5-7,9-10,20H,3-4,8H2,1-2H3/t9?,10-/m0/s1. The van der Waals surface area contributed by atoms with Crippen molar-refractivity contribution in [3.63, 3.8) is 0 Å². The van der Waals surface area contributed by atoms with Gasteiger partial charge in [0.1, 0.15) is 11.0 Å². The van der Waals surface area contributed by atoms with Crippen LogP contribution in [0, 0.1) is 0 Å². The van der Waals surface area contributed by atoms with E-state index in [-0.39, 0.29) is 12.5 Å². The molecule has 1 aliphatic heterocycles. The van der Waals surface area contributed by atoms with Crippen LogP contribution in [-0.2, 0) is 0 Å². The van der Waals surface area contributed by atoms with Gasteiger partial charge in [-0.25, -0.2) is 9.97 Å². The zero-order valence-corrected chi connectivity index (χ0v) is 12.4. The predicted molar refractivity (Wildman–Crippen MR) is 81.5 cm³/mol. The van der Waals surface area contributed by atoms with Crippen LogP contribution < -0.4 is 4.90 Å². The maximum absolute atomic E-state index is 9.41. The number of nitrogens with zero attached hydrogens (tertiary/aromatic N) is 3. The number of pyridine rings is 2. The highest BCUT2D eigenvalue weighted by Gasteiger charge is 2.27. The minimum Gasteiger partial charge on any atom is -0.396 e. The number of hydrogen-bond donors (Lipinski definition) is 1. The summed E-state index contributed by atoms with van der Waals surface area (Å²) in [6, 6.07) is 2.39. The molecule has 1 saturated heterocycles. The Bertz CT molecular complexity index is 646. The van der Waals surface area contributed by atoms with Gasteiger partial charge in [-0.2, -0.15) is 0 Å². The molecule has 0 radical (unpaired) electrons. The second kappa shape index (κ2) is 5.19. The van der Waals surface area contributed by atoms with Gasteiger partial charge in [0.2, 0.25) is 0 Å². The van der Waals surface area contributed by atoms with Crippen LogP contribution in [0.4, 0.5) is 5.82 Å². The van der Waals surface area contributed by atoms with E-state index in [2.05, 4.69) is 21.8 Å². The van der Waals surface area contributed by atoms with Gasteiger partial charge in [0.05, 0.1) is 0 Å². The second-order valence-corrected chi connectivity index (χ2v) is 5.89. The fraction of sp³-hybridized carbons (Fsp3) is 0.467. The molecule has 1 fully saturated rings. The van der Waals surface area contributed by atoms with Gasteiger partial charge in [0.15, 0.2) is 0 Å². The Balaban J connectivity index is 2.20. The normalized spacial score (nSPS) is 20.0. The number of hydrogen-bond acceptors (Lipinski definition) is 4. The summed E-state index contributed by atoms with van der Waals surface area (Å²) in [6.45, 7) is 5.30.